The van der Waals surface area contributed by atoms with Crippen molar-refractivity contribution in [3.63, 3.8) is 0 Å². The van der Waals surface area contributed by atoms with E-state index in [1.165, 1.54) is 32.2 Å². The molecule has 33 heavy (non-hydrogen) atoms. The number of nitrogens with zero attached hydrogens (tertiary/aromatic N) is 4. The van der Waals surface area contributed by atoms with Gasteiger partial charge in [-0.05, 0) is 42.8 Å². The number of amides is 2. The van der Waals surface area contributed by atoms with Gasteiger partial charge in [0.05, 0.1) is 45.5 Å². The van der Waals surface area contributed by atoms with Crippen molar-refractivity contribution < 1.29 is 26.4 Å². The van der Waals surface area contributed by atoms with Crippen LogP contribution in [0, 0.1) is 22.7 Å². The molecule has 0 radical (unpaired) electrons. The summed E-state index contributed by atoms with van der Waals surface area (Å²) in [7, 11) is 2.45. The Kier molecular flexibility index (Phi) is 6.16. The Bertz CT molecular complexity index is 1370. The second-order valence-corrected chi connectivity index (χ2v) is 9.63. The van der Waals surface area contributed by atoms with Gasteiger partial charge in [-0.15, -0.1) is 0 Å². The lowest BCUT2D eigenvalue weighted by atomic mass is 9.93. The van der Waals surface area contributed by atoms with Gasteiger partial charge in [-0.25, -0.2) is 13.2 Å². The largest absolute Gasteiger partial charge is 0.416 e. The van der Waals surface area contributed by atoms with Gasteiger partial charge >= 0.3 is 12.2 Å². The number of carbonyl (C=O) groups is 1. The Labute approximate surface area is 191 Å². The average molecular weight is 495 g/mol. The van der Waals surface area contributed by atoms with E-state index in [0.717, 1.165) is 34.1 Å². The molecule has 1 heterocycles. The van der Waals surface area contributed by atoms with Crippen LogP contribution in [-0.2, 0) is 15.2 Å². The van der Waals surface area contributed by atoms with E-state index in [9.17, 15) is 31.6 Å². The zero-order chi connectivity index (χ0) is 24.7. The van der Waals surface area contributed by atoms with E-state index in [-0.39, 0.29) is 28.1 Å². The van der Waals surface area contributed by atoms with Gasteiger partial charge in [-0.3, -0.25) is 4.90 Å². The molecular weight excluding hydrogens is 481 g/mol. The van der Waals surface area contributed by atoms with Crippen molar-refractivity contribution in [3.05, 3.63) is 70.4 Å². The number of hydrogen-bond donors (Lipinski definition) is 0. The minimum Gasteiger partial charge on any atom is -0.315 e. The Hall–Kier alpha value is -3.54. The molecule has 2 aromatic carbocycles. The van der Waals surface area contributed by atoms with E-state index in [1.54, 1.807) is 6.07 Å². The SMILES string of the molecule is CC1=C(C#N)C(c2ccc(C#N)cc2S(=O)(=O)Cl)N(C)C(=O)N1c1cccc(C(F)(F)F)c1. The van der Waals surface area contributed by atoms with Gasteiger partial charge in [-0.1, -0.05) is 12.1 Å². The minimum absolute atomic E-state index is 0.00688. The van der Waals surface area contributed by atoms with Gasteiger partial charge in [0.15, 0.2) is 0 Å². The van der Waals surface area contributed by atoms with Crippen LogP contribution in [0.3, 0.4) is 0 Å². The highest BCUT2D eigenvalue weighted by Gasteiger charge is 2.40. The molecule has 2 amide bonds. The first-order chi connectivity index (χ1) is 15.3. The fraction of sp³-hybridized carbons (Fsp3) is 0.190. The van der Waals surface area contributed by atoms with Crippen LogP contribution in [0.2, 0.25) is 0 Å². The fourth-order valence-corrected chi connectivity index (χ4v) is 4.73. The molecule has 1 aliphatic heterocycles. The summed E-state index contributed by atoms with van der Waals surface area (Å²) in [6.07, 6.45) is -4.65. The zero-order valence-corrected chi connectivity index (χ0v) is 18.6. The summed E-state index contributed by atoms with van der Waals surface area (Å²) in [6.45, 7) is 1.37. The quantitative estimate of drug-likeness (QED) is 0.563. The molecule has 170 valence electrons. The number of benzene rings is 2. The molecule has 0 aliphatic carbocycles. The summed E-state index contributed by atoms with van der Waals surface area (Å²) < 4.78 is 63.9. The van der Waals surface area contributed by atoms with E-state index in [4.69, 9.17) is 15.9 Å². The molecule has 12 heteroatoms. The highest BCUT2D eigenvalue weighted by atomic mass is 35.7. The summed E-state index contributed by atoms with van der Waals surface area (Å²) >= 11 is 0. The van der Waals surface area contributed by atoms with Gasteiger partial charge in [0.2, 0.25) is 0 Å². The number of hydrogen-bond acceptors (Lipinski definition) is 5. The fourth-order valence-electron chi connectivity index (χ4n) is 3.60. The van der Waals surface area contributed by atoms with E-state index >= 15 is 0 Å². The number of urea groups is 1. The standard InChI is InChI=1S/C21H14ClF3N4O3S/c1-12-17(11-27)19(16-7-6-13(10-26)8-18(16)33(22,31)32)28(2)20(30)29(12)15-5-3-4-14(9-15)21(23,24)25/h3-9,19H,1-2H3. The summed E-state index contributed by atoms with van der Waals surface area (Å²) in [5.41, 5.74) is -1.19. The highest BCUT2D eigenvalue weighted by Crippen LogP contribution is 2.41. The molecule has 0 aromatic heterocycles. The second-order valence-electron chi connectivity index (χ2n) is 7.09. The third-order valence-corrected chi connectivity index (χ3v) is 6.51. The number of likely N-dealkylation sites (N-methyl/N-ethyl adjacent to an activating group) is 1. The first-order valence-electron chi connectivity index (χ1n) is 9.15. The van der Waals surface area contributed by atoms with Gasteiger partial charge in [0.25, 0.3) is 9.05 Å². The molecule has 0 spiro atoms. The molecule has 0 saturated heterocycles. The maximum Gasteiger partial charge on any atom is 0.416 e. The minimum atomic E-state index is -4.65. The maximum atomic E-state index is 13.2. The smallest absolute Gasteiger partial charge is 0.315 e. The van der Waals surface area contributed by atoms with Crippen LogP contribution in [0.15, 0.2) is 58.6 Å². The van der Waals surface area contributed by atoms with Crippen LogP contribution in [-0.4, -0.2) is 26.4 Å². The average Bonchev–Trinajstić information content (AvgIpc) is 2.75. The molecule has 1 aliphatic rings. The Morgan fingerprint density at radius 2 is 1.76 bits per heavy atom. The lowest BCUT2D eigenvalue weighted by Gasteiger charge is -2.40. The topological polar surface area (TPSA) is 105 Å². The molecule has 0 N–H and O–H groups in total. The van der Waals surface area contributed by atoms with E-state index < -0.39 is 37.8 Å². The first kappa shape index (κ1) is 24.1. The van der Waals surface area contributed by atoms with Crippen molar-refractivity contribution in [1.82, 2.24) is 4.90 Å². The van der Waals surface area contributed by atoms with E-state index in [1.807, 2.05) is 6.07 Å². The normalized spacial score (nSPS) is 17.1. The molecular formula is C21H14ClF3N4O3S. The van der Waals surface area contributed by atoms with Crippen molar-refractivity contribution >= 4 is 31.5 Å². The summed E-state index contributed by atoms with van der Waals surface area (Å²) in [5, 5.41) is 19.0. The Balaban J connectivity index is 2.25. The van der Waals surface area contributed by atoms with Gasteiger partial charge < -0.3 is 4.90 Å². The molecule has 0 saturated carbocycles. The summed E-state index contributed by atoms with van der Waals surface area (Å²) in [5.74, 6) is 0. The number of carbonyl (C=O) groups excluding carboxylic acids is 1. The first-order valence-corrected chi connectivity index (χ1v) is 11.5. The van der Waals surface area contributed by atoms with Crippen molar-refractivity contribution in [2.45, 2.75) is 24.0 Å². The lowest BCUT2D eigenvalue weighted by molar-refractivity contribution is -0.137. The van der Waals surface area contributed by atoms with Crippen LogP contribution in [0.25, 0.3) is 0 Å². The van der Waals surface area contributed by atoms with Crippen molar-refractivity contribution in [1.29, 1.82) is 10.5 Å². The van der Waals surface area contributed by atoms with Crippen LogP contribution in [0.5, 0.6) is 0 Å². The second kappa shape index (κ2) is 8.43. The van der Waals surface area contributed by atoms with E-state index in [2.05, 4.69) is 0 Å². The Morgan fingerprint density at radius 1 is 1.09 bits per heavy atom. The zero-order valence-electron chi connectivity index (χ0n) is 17.1. The number of anilines is 1. The Morgan fingerprint density at radius 3 is 2.30 bits per heavy atom. The van der Waals surface area contributed by atoms with E-state index in [0.29, 0.717) is 0 Å². The van der Waals surface area contributed by atoms with Crippen molar-refractivity contribution in [2.75, 3.05) is 11.9 Å². The predicted octanol–water partition coefficient (Wildman–Crippen LogP) is 4.92. The molecule has 0 bridgehead atoms. The number of nitriles is 2. The molecule has 2 aromatic rings. The number of allylic oxidation sites excluding steroid dienone is 1. The maximum absolute atomic E-state index is 13.2. The van der Waals surface area contributed by atoms with Crippen molar-refractivity contribution in [3.8, 4) is 12.1 Å². The molecule has 1 atom stereocenters. The molecule has 3 rings (SSSR count). The third-order valence-electron chi connectivity index (χ3n) is 5.13. The van der Waals surface area contributed by atoms with Gasteiger partial charge in [-0.2, -0.15) is 23.7 Å². The van der Waals surface area contributed by atoms with Crippen LogP contribution < -0.4 is 4.90 Å². The van der Waals surface area contributed by atoms with Gasteiger partial charge in [0, 0.05) is 23.4 Å². The molecule has 7 nitrogen and oxygen atoms in total. The van der Waals surface area contributed by atoms with Crippen LogP contribution in [0.1, 0.15) is 29.7 Å². The van der Waals surface area contributed by atoms with Crippen LogP contribution >= 0.6 is 10.7 Å². The number of halogens is 4. The lowest BCUT2D eigenvalue weighted by Crippen LogP contribution is -2.47. The number of rotatable bonds is 3. The van der Waals surface area contributed by atoms with Crippen LogP contribution in [0.4, 0.5) is 23.7 Å². The summed E-state index contributed by atoms with van der Waals surface area (Å²) in [6, 6.07) is 9.37. The summed E-state index contributed by atoms with van der Waals surface area (Å²) in [4.78, 5) is 14.7. The molecule has 0 fully saturated rings. The van der Waals surface area contributed by atoms with Gasteiger partial charge in [0.1, 0.15) is 0 Å². The third kappa shape index (κ3) is 4.38. The highest BCUT2D eigenvalue weighted by molar-refractivity contribution is 8.13. The molecule has 1 unspecified atom stereocenters. The predicted molar refractivity (Wildman–Crippen MR) is 112 cm³/mol. The number of alkyl halides is 3. The monoisotopic (exact) mass is 494 g/mol. The van der Waals surface area contributed by atoms with Crippen molar-refractivity contribution in [2.24, 2.45) is 0 Å².